The molecule has 0 aromatic heterocycles. The topological polar surface area (TPSA) is 33.3 Å². The molecule has 1 aliphatic carbocycles. The van der Waals surface area contributed by atoms with Gasteiger partial charge >= 0.3 is 0 Å². The quantitative estimate of drug-likeness (QED) is 0.744. The van der Waals surface area contributed by atoms with Crippen molar-refractivity contribution in [2.45, 2.75) is 58.0 Å². The molecule has 3 nitrogen and oxygen atoms in total. The van der Waals surface area contributed by atoms with E-state index in [-0.39, 0.29) is 0 Å². The van der Waals surface area contributed by atoms with Crippen LogP contribution in [-0.2, 0) is 4.74 Å². The van der Waals surface area contributed by atoms with Crippen molar-refractivity contribution in [2.75, 3.05) is 26.3 Å². The molecule has 2 aliphatic rings. The maximum atomic E-state index is 5.49. The third kappa shape index (κ3) is 3.67. The first-order valence-electron chi connectivity index (χ1n) is 7.29. The van der Waals surface area contributed by atoms with Crippen LogP contribution in [0.3, 0.4) is 0 Å². The van der Waals surface area contributed by atoms with Crippen molar-refractivity contribution in [2.24, 2.45) is 5.41 Å². The van der Waals surface area contributed by atoms with E-state index in [0.29, 0.717) is 17.5 Å². The molecule has 0 bridgehead atoms. The molecule has 2 rings (SSSR count). The highest BCUT2D eigenvalue weighted by Crippen LogP contribution is 2.43. The van der Waals surface area contributed by atoms with Gasteiger partial charge in [0, 0.05) is 25.2 Å². The summed E-state index contributed by atoms with van der Waals surface area (Å²) in [6, 6.07) is 1.14. The first-order valence-corrected chi connectivity index (χ1v) is 7.29. The zero-order chi connectivity index (χ0) is 12.1. The Hall–Kier alpha value is -0.120. The number of morpholine rings is 1. The van der Waals surface area contributed by atoms with E-state index < -0.39 is 0 Å². The summed E-state index contributed by atoms with van der Waals surface area (Å²) in [5.74, 6) is 0. The molecule has 0 amide bonds. The van der Waals surface area contributed by atoms with Crippen molar-refractivity contribution in [3.63, 3.8) is 0 Å². The second kappa shape index (κ2) is 6.17. The third-order valence-electron chi connectivity index (χ3n) is 4.63. The molecule has 2 unspecified atom stereocenters. The Balaban J connectivity index is 1.64. The maximum Gasteiger partial charge on any atom is 0.0620 e. The van der Waals surface area contributed by atoms with E-state index in [1.165, 1.54) is 38.6 Å². The molecule has 0 spiro atoms. The zero-order valence-electron chi connectivity index (χ0n) is 11.4. The molecule has 0 radical (unpaired) electrons. The molecular weight excluding hydrogens is 212 g/mol. The predicted octanol–water partition coefficient (Wildman–Crippen LogP) is 1.92. The fraction of sp³-hybridized carbons (Fsp3) is 1.00. The number of rotatable bonds is 6. The lowest BCUT2D eigenvalue weighted by Gasteiger charge is -2.42. The predicted molar refractivity (Wildman–Crippen MR) is 71.3 cm³/mol. The number of nitrogens with one attached hydrogen (secondary N) is 2. The van der Waals surface area contributed by atoms with Gasteiger partial charge in [-0.05, 0) is 38.0 Å². The minimum absolute atomic E-state index is 0.546. The van der Waals surface area contributed by atoms with Crippen molar-refractivity contribution < 1.29 is 4.74 Å². The molecule has 1 aliphatic heterocycles. The van der Waals surface area contributed by atoms with Gasteiger partial charge in [0.2, 0.25) is 0 Å². The zero-order valence-corrected chi connectivity index (χ0v) is 11.4. The van der Waals surface area contributed by atoms with Crippen LogP contribution in [0.5, 0.6) is 0 Å². The highest BCUT2D eigenvalue weighted by molar-refractivity contribution is 4.89. The van der Waals surface area contributed by atoms with E-state index in [1.54, 1.807) is 0 Å². The van der Waals surface area contributed by atoms with Gasteiger partial charge in [0.25, 0.3) is 0 Å². The van der Waals surface area contributed by atoms with Crippen molar-refractivity contribution >= 4 is 0 Å². The average molecular weight is 240 g/mol. The third-order valence-corrected chi connectivity index (χ3v) is 4.63. The fourth-order valence-electron chi connectivity index (χ4n) is 3.00. The Morgan fingerprint density at radius 3 is 2.82 bits per heavy atom. The lowest BCUT2D eigenvalue weighted by atomic mass is 9.67. The van der Waals surface area contributed by atoms with Gasteiger partial charge in [-0.3, -0.25) is 0 Å². The summed E-state index contributed by atoms with van der Waals surface area (Å²) >= 11 is 0. The first kappa shape index (κ1) is 13.3. The molecule has 2 N–H and O–H groups in total. The van der Waals surface area contributed by atoms with Gasteiger partial charge in [-0.15, -0.1) is 0 Å². The molecule has 1 heterocycles. The summed E-state index contributed by atoms with van der Waals surface area (Å²) in [6.45, 7) is 8.61. The van der Waals surface area contributed by atoms with E-state index >= 15 is 0 Å². The Labute approximate surface area is 106 Å². The molecular formula is C14H28N2O. The summed E-state index contributed by atoms with van der Waals surface area (Å²) in [4.78, 5) is 0. The highest BCUT2D eigenvalue weighted by Gasteiger charge is 2.34. The summed E-state index contributed by atoms with van der Waals surface area (Å²) in [5.41, 5.74) is 0.630. The van der Waals surface area contributed by atoms with Crippen LogP contribution in [0, 0.1) is 5.41 Å². The Morgan fingerprint density at radius 1 is 1.47 bits per heavy atom. The highest BCUT2D eigenvalue weighted by atomic mass is 16.5. The van der Waals surface area contributed by atoms with E-state index in [1.807, 2.05) is 0 Å². The van der Waals surface area contributed by atoms with Crippen LogP contribution in [0.15, 0.2) is 0 Å². The van der Waals surface area contributed by atoms with Crippen molar-refractivity contribution in [1.82, 2.24) is 10.6 Å². The van der Waals surface area contributed by atoms with Gasteiger partial charge in [0.05, 0.1) is 13.2 Å². The smallest absolute Gasteiger partial charge is 0.0620 e. The number of ether oxygens (including phenoxy) is 1. The van der Waals surface area contributed by atoms with Crippen LogP contribution in [0.1, 0.15) is 46.0 Å². The molecule has 0 aromatic carbocycles. The molecule has 2 atom stereocenters. The van der Waals surface area contributed by atoms with E-state index in [9.17, 15) is 0 Å². The van der Waals surface area contributed by atoms with Gasteiger partial charge in [0.1, 0.15) is 0 Å². The van der Waals surface area contributed by atoms with Gasteiger partial charge in [0.15, 0.2) is 0 Å². The number of hydrogen-bond acceptors (Lipinski definition) is 3. The molecule has 100 valence electrons. The number of hydrogen-bond donors (Lipinski definition) is 2. The molecule has 17 heavy (non-hydrogen) atoms. The largest absolute Gasteiger partial charge is 0.379 e. The van der Waals surface area contributed by atoms with Crippen molar-refractivity contribution in [1.29, 1.82) is 0 Å². The SMILES string of the molecule is CCC1(CNC(C)CC2COCCN2)CCC1. The van der Waals surface area contributed by atoms with Gasteiger partial charge < -0.3 is 15.4 Å². The van der Waals surface area contributed by atoms with Crippen LogP contribution in [0.2, 0.25) is 0 Å². The average Bonchev–Trinajstić information content (AvgIpc) is 2.29. The minimum atomic E-state index is 0.546. The standard InChI is InChI=1S/C14H28N2O/c1-3-14(5-4-6-14)11-16-12(2)9-13-10-17-8-7-15-13/h12-13,15-16H,3-11H2,1-2H3. The maximum absolute atomic E-state index is 5.49. The summed E-state index contributed by atoms with van der Waals surface area (Å²) in [7, 11) is 0. The normalized spacial score (nSPS) is 29.6. The van der Waals surface area contributed by atoms with E-state index in [2.05, 4.69) is 24.5 Å². The second-order valence-electron chi connectivity index (χ2n) is 5.95. The first-order chi connectivity index (χ1) is 8.24. The molecule has 1 saturated heterocycles. The molecule has 1 saturated carbocycles. The van der Waals surface area contributed by atoms with Crippen LogP contribution < -0.4 is 10.6 Å². The van der Waals surface area contributed by atoms with Crippen LogP contribution in [0.25, 0.3) is 0 Å². The Morgan fingerprint density at radius 2 is 2.29 bits per heavy atom. The Kier molecular flexibility index (Phi) is 4.83. The van der Waals surface area contributed by atoms with Crippen LogP contribution >= 0.6 is 0 Å². The summed E-state index contributed by atoms with van der Waals surface area (Å²) in [5, 5.41) is 7.25. The molecule has 3 heteroatoms. The van der Waals surface area contributed by atoms with Crippen LogP contribution in [-0.4, -0.2) is 38.4 Å². The second-order valence-corrected chi connectivity index (χ2v) is 5.95. The molecule has 0 aromatic rings. The van der Waals surface area contributed by atoms with Gasteiger partial charge in [-0.2, -0.15) is 0 Å². The minimum Gasteiger partial charge on any atom is -0.379 e. The van der Waals surface area contributed by atoms with Gasteiger partial charge in [-0.25, -0.2) is 0 Å². The summed E-state index contributed by atoms with van der Waals surface area (Å²) < 4.78 is 5.49. The Bertz CT molecular complexity index is 217. The van der Waals surface area contributed by atoms with E-state index in [0.717, 1.165) is 19.8 Å². The summed E-state index contributed by atoms with van der Waals surface area (Å²) in [6.07, 6.45) is 6.79. The van der Waals surface area contributed by atoms with Crippen LogP contribution in [0.4, 0.5) is 0 Å². The van der Waals surface area contributed by atoms with Crippen molar-refractivity contribution in [3.05, 3.63) is 0 Å². The van der Waals surface area contributed by atoms with Gasteiger partial charge in [-0.1, -0.05) is 13.3 Å². The monoisotopic (exact) mass is 240 g/mol. The lowest BCUT2D eigenvalue weighted by Crippen LogP contribution is -2.47. The molecule has 2 fully saturated rings. The fourth-order valence-corrected chi connectivity index (χ4v) is 3.00. The van der Waals surface area contributed by atoms with E-state index in [4.69, 9.17) is 4.74 Å². The van der Waals surface area contributed by atoms with Crippen molar-refractivity contribution in [3.8, 4) is 0 Å². The lowest BCUT2D eigenvalue weighted by molar-refractivity contribution is 0.0686.